The maximum absolute atomic E-state index is 12.8. The van der Waals surface area contributed by atoms with E-state index < -0.39 is 0 Å². The maximum atomic E-state index is 12.8. The first-order chi connectivity index (χ1) is 9.25. The van der Waals surface area contributed by atoms with Gasteiger partial charge in [-0.3, -0.25) is 9.88 Å². The zero-order valence-electron chi connectivity index (χ0n) is 11.4. The molecule has 0 bridgehead atoms. The molecule has 19 heavy (non-hydrogen) atoms. The molecule has 1 saturated heterocycles. The van der Waals surface area contributed by atoms with Crippen molar-refractivity contribution in [3.63, 3.8) is 0 Å². The predicted molar refractivity (Wildman–Crippen MR) is 72.5 cm³/mol. The molecule has 2 rings (SSSR count). The Kier molecular flexibility index (Phi) is 5.69. The van der Waals surface area contributed by atoms with E-state index in [1.165, 1.54) is 12.3 Å². The Bertz CT molecular complexity index is 365. The molecule has 1 aromatic rings. The number of nitrogens with zero attached hydrogens (tertiary/aromatic N) is 2. The van der Waals surface area contributed by atoms with Crippen LogP contribution in [0.3, 0.4) is 0 Å². The van der Waals surface area contributed by atoms with E-state index in [4.69, 9.17) is 4.74 Å². The SMILES string of the molecule is CC(NCCCN1CCOCC1)c1ccc(F)cn1. The van der Waals surface area contributed by atoms with Crippen molar-refractivity contribution in [3.8, 4) is 0 Å². The summed E-state index contributed by atoms with van der Waals surface area (Å²) in [4.78, 5) is 6.50. The summed E-state index contributed by atoms with van der Waals surface area (Å²) in [7, 11) is 0. The van der Waals surface area contributed by atoms with Gasteiger partial charge in [0.2, 0.25) is 0 Å². The van der Waals surface area contributed by atoms with Gasteiger partial charge in [0.05, 0.1) is 25.1 Å². The van der Waals surface area contributed by atoms with Crippen LogP contribution < -0.4 is 5.32 Å². The lowest BCUT2D eigenvalue weighted by molar-refractivity contribution is 0.0374. The molecule has 2 heterocycles. The third-order valence-electron chi connectivity index (χ3n) is 3.40. The molecular weight excluding hydrogens is 245 g/mol. The van der Waals surface area contributed by atoms with E-state index in [1.807, 2.05) is 0 Å². The van der Waals surface area contributed by atoms with Crippen LogP contribution in [0.4, 0.5) is 4.39 Å². The second kappa shape index (κ2) is 7.53. The summed E-state index contributed by atoms with van der Waals surface area (Å²) in [5.74, 6) is -0.289. The molecule has 5 heteroatoms. The van der Waals surface area contributed by atoms with Crippen LogP contribution in [-0.2, 0) is 4.74 Å². The van der Waals surface area contributed by atoms with Gasteiger partial charge in [0.25, 0.3) is 0 Å². The van der Waals surface area contributed by atoms with Crippen molar-refractivity contribution in [2.75, 3.05) is 39.4 Å². The van der Waals surface area contributed by atoms with Crippen molar-refractivity contribution in [3.05, 3.63) is 29.8 Å². The van der Waals surface area contributed by atoms with Gasteiger partial charge in [0, 0.05) is 19.1 Å². The molecule has 0 amide bonds. The van der Waals surface area contributed by atoms with E-state index in [0.717, 1.165) is 51.5 Å². The summed E-state index contributed by atoms with van der Waals surface area (Å²) in [5, 5.41) is 3.42. The molecule has 1 unspecified atom stereocenters. The first kappa shape index (κ1) is 14.4. The molecule has 4 nitrogen and oxygen atoms in total. The Labute approximate surface area is 114 Å². The lowest BCUT2D eigenvalue weighted by Gasteiger charge is -2.26. The van der Waals surface area contributed by atoms with Crippen molar-refractivity contribution >= 4 is 0 Å². The molecule has 0 spiro atoms. The molecule has 1 aliphatic rings. The van der Waals surface area contributed by atoms with Crippen molar-refractivity contribution in [2.45, 2.75) is 19.4 Å². The number of halogens is 1. The normalized spacial score (nSPS) is 18.4. The highest BCUT2D eigenvalue weighted by Crippen LogP contribution is 2.09. The average Bonchev–Trinajstić information content (AvgIpc) is 2.45. The van der Waals surface area contributed by atoms with Crippen LogP contribution in [0.15, 0.2) is 18.3 Å². The molecule has 106 valence electrons. The van der Waals surface area contributed by atoms with Gasteiger partial charge >= 0.3 is 0 Å². The molecule has 0 saturated carbocycles. The topological polar surface area (TPSA) is 37.4 Å². The lowest BCUT2D eigenvalue weighted by Crippen LogP contribution is -2.37. The summed E-state index contributed by atoms with van der Waals surface area (Å²) in [6.45, 7) is 7.86. The highest BCUT2D eigenvalue weighted by Gasteiger charge is 2.10. The molecule has 0 aromatic carbocycles. The Morgan fingerprint density at radius 1 is 1.42 bits per heavy atom. The summed E-state index contributed by atoms with van der Waals surface area (Å²) in [6.07, 6.45) is 2.37. The molecule has 1 aliphatic heterocycles. The van der Waals surface area contributed by atoms with E-state index in [0.29, 0.717) is 0 Å². The van der Waals surface area contributed by atoms with Gasteiger partial charge in [0.15, 0.2) is 0 Å². The van der Waals surface area contributed by atoms with E-state index >= 15 is 0 Å². The number of pyridine rings is 1. The molecule has 1 atom stereocenters. The van der Waals surface area contributed by atoms with E-state index in [1.54, 1.807) is 6.07 Å². The van der Waals surface area contributed by atoms with Crippen LogP contribution in [0, 0.1) is 5.82 Å². The number of hydrogen-bond acceptors (Lipinski definition) is 4. The van der Waals surface area contributed by atoms with Crippen molar-refractivity contribution in [1.29, 1.82) is 0 Å². The molecule has 1 N–H and O–H groups in total. The number of morpholine rings is 1. The smallest absolute Gasteiger partial charge is 0.141 e. The number of nitrogens with one attached hydrogen (secondary N) is 1. The van der Waals surface area contributed by atoms with Crippen molar-refractivity contribution in [1.82, 2.24) is 15.2 Å². The Hall–Kier alpha value is -1.04. The predicted octanol–water partition coefficient (Wildman–Crippen LogP) is 1.59. The quantitative estimate of drug-likeness (QED) is 0.794. The Morgan fingerprint density at radius 3 is 2.89 bits per heavy atom. The minimum absolute atomic E-state index is 0.158. The largest absolute Gasteiger partial charge is 0.379 e. The third-order valence-corrected chi connectivity index (χ3v) is 3.40. The first-order valence-electron chi connectivity index (χ1n) is 6.90. The summed E-state index contributed by atoms with van der Waals surface area (Å²) >= 11 is 0. The van der Waals surface area contributed by atoms with Gasteiger partial charge in [-0.15, -0.1) is 0 Å². The summed E-state index contributed by atoms with van der Waals surface area (Å²) in [6, 6.07) is 3.34. The fourth-order valence-corrected chi connectivity index (χ4v) is 2.19. The molecular formula is C14H22FN3O. The van der Waals surface area contributed by atoms with Crippen LogP contribution in [0.5, 0.6) is 0 Å². The van der Waals surface area contributed by atoms with Gasteiger partial charge in [-0.25, -0.2) is 4.39 Å². The van der Waals surface area contributed by atoms with Crippen LogP contribution in [0.25, 0.3) is 0 Å². The summed E-state index contributed by atoms with van der Waals surface area (Å²) < 4.78 is 18.1. The lowest BCUT2D eigenvalue weighted by atomic mass is 10.2. The molecule has 0 aliphatic carbocycles. The van der Waals surface area contributed by atoms with Gasteiger partial charge in [-0.2, -0.15) is 0 Å². The average molecular weight is 267 g/mol. The van der Waals surface area contributed by atoms with Gasteiger partial charge in [0.1, 0.15) is 5.82 Å². The number of ether oxygens (including phenoxy) is 1. The van der Waals surface area contributed by atoms with E-state index in [-0.39, 0.29) is 11.9 Å². The van der Waals surface area contributed by atoms with Crippen molar-refractivity contribution in [2.24, 2.45) is 0 Å². The third kappa shape index (κ3) is 4.86. The minimum atomic E-state index is -0.289. The van der Waals surface area contributed by atoms with Crippen LogP contribution in [0.2, 0.25) is 0 Å². The standard InChI is InChI=1S/C14H22FN3O/c1-12(14-4-3-13(15)11-17-14)16-5-2-6-18-7-9-19-10-8-18/h3-4,11-12,16H,2,5-10H2,1H3. The van der Waals surface area contributed by atoms with Gasteiger partial charge in [-0.1, -0.05) is 0 Å². The highest BCUT2D eigenvalue weighted by molar-refractivity contribution is 5.08. The van der Waals surface area contributed by atoms with Gasteiger partial charge < -0.3 is 10.1 Å². The zero-order valence-corrected chi connectivity index (χ0v) is 11.4. The second-order valence-corrected chi connectivity index (χ2v) is 4.88. The second-order valence-electron chi connectivity index (χ2n) is 4.88. The fourth-order valence-electron chi connectivity index (χ4n) is 2.19. The number of rotatable bonds is 6. The van der Waals surface area contributed by atoms with Crippen LogP contribution in [0.1, 0.15) is 25.1 Å². The number of hydrogen-bond donors (Lipinski definition) is 1. The molecule has 1 fully saturated rings. The van der Waals surface area contributed by atoms with Gasteiger partial charge in [-0.05, 0) is 38.6 Å². The number of aromatic nitrogens is 1. The van der Waals surface area contributed by atoms with E-state index in [2.05, 4.69) is 22.1 Å². The van der Waals surface area contributed by atoms with Crippen molar-refractivity contribution < 1.29 is 9.13 Å². The van der Waals surface area contributed by atoms with E-state index in [9.17, 15) is 4.39 Å². The highest BCUT2D eigenvalue weighted by atomic mass is 19.1. The first-order valence-corrected chi connectivity index (χ1v) is 6.90. The van der Waals surface area contributed by atoms with Crippen LogP contribution >= 0.6 is 0 Å². The minimum Gasteiger partial charge on any atom is -0.379 e. The zero-order chi connectivity index (χ0) is 13.5. The van der Waals surface area contributed by atoms with Crippen LogP contribution in [-0.4, -0.2) is 49.3 Å². The fraction of sp³-hybridized carbons (Fsp3) is 0.643. The Morgan fingerprint density at radius 2 is 2.21 bits per heavy atom. The Balaban J connectivity index is 1.63. The maximum Gasteiger partial charge on any atom is 0.141 e. The summed E-state index contributed by atoms with van der Waals surface area (Å²) in [5.41, 5.74) is 0.882. The molecule has 0 radical (unpaired) electrons. The molecule has 1 aromatic heterocycles. The monoisotopic (exact) mass is 267 g/mol.